The number of fused-ring (bicyclic) bond motifs is 2. The minimum Gasteiger partial charge on any atom is -0.485 e. The number of hydrogen-bond donors (Lipinski definition) is 0. The van der Waals surface area contributed by atoms with Crippen molar-refractivity contribution in [3.05, 3.63) is 77.0 Å². The summed E-state index contributed by atoms with van der Waals surface area (Å²) in [6.07, 6.45) is 0.951. The number of halogens is 1. The summed E-state index contributed by atoms with van der Waals surface area (Å²) in [5.74, 6) is 0.990. The number of anilines is 1. The molecule has 1 unspecified atom stereocenters. The van der Waals surface area contributed by atoms with E-state index in [1.54, 1.807) is 17.2 Å². The van der Waals surface area contributed by atoms with Crippen LogP contribution in [-0.2, 0) is 11.3 Å². The van der Waals surface area contributed by atoms with Gasteiger partial charge in [-0.1, -0.05) is 45.5 Å². The van der Waals surface area contributed by atoms with Crippen LogP contribution in [-0.4, -0.2) is 28.6 Å². The summed E-state index contributed by atoms with van der Waals surface area (Å²) in [5.41, 5.74) is 1.60. The first kappa shape index (κ1) is 19.0. The van der Waals surface area contributed by atoms with Gasteiger partial charge in [-0.25, -0.2) is 4.98 Å². The van der Waals surface area contributed by atoms with Crippen molar-refractivity contribution in [3.8, 4) is 11.5 Å². The van der Waals surface area contributed by atoms with Crippen molar-refractivity contribution in [1.29, 1.82) is 0 Å². The highest BCUT2D eigenvalue weighted by Crippen LogP contribution is 2.34. The minimum atomic E-state index is -0.762. The molecule has 30 heavy (non-hydrogen) atoms. The van der Waals surface area contributed by atoms with Crippen LogP contribution >= 0.6 is 27.3 Å². The first-order valence-corrected chi connectivity index (χ1v) is 10.9. The number of aromatic nitrogens is 2. The fourth-order valence-electron chi connectivity index (χ4n) is 3.21. The number of benzene rings is 2. The second-order valence-corrected chi connectivity index (χ2v) is 8.64. The third-order valence-corrected chi connectivity index (χ3v) is 6.20. The Labute approximate surface area is 185 Å². The maximum Gasteiger partial charge on any atom is 0.273 e. The molecule has 6 nitrogen and oxygen atoms in total. The summed E-state index contributed by atoms with van der Waals surface area (Å²) >= 11 is 4.95. The van der Waals surface area contributed by atoms with Crippen molar-refractivity contribution in [1.82, 2.24) is 9.97 Å². The molecule has 0 saturated heterocycles. The number of ether oxygens (including phenoxy) is 2. The zero-order chi connectivity index (χ0) is 20.5. The Balaban J connectivity index is 1.49. The molecule has 8 heteroatoms. The molecule has 2 aromatic heterocycles. The van der Waals surface area contributed by atoms with Crippen LogP contribution in [0.2, 0.25) is 0 Å². The molecule has 0 spiro atoms. The number of rotatable bonds is 4. The van der Waals surface area contributed by atoms with Crippen LogP contribution in [0, 0.1) is 0 Å². The van der Waals surface area contributed by atoms with E-state index < -0.39 is 6.10 Å². The number of para-hydroxylation sites is 2. The van der Waals surface area contributed by atoms with E-state index in [2.05, 4.69) is 25.9 Å². The lowest BCUT2D eigenvalue weighted by atomic mass is 10.2. The molecule has 1 amide bonds. The molecule has 2 aromatic carbocycles. The Kier molecular flexibility index (Phi) is 5.10. The molecule has 150 valence electrons. The van der Waals surface area contributed by atoms with Gasteiger partial charge >= 0.3 is 0 Å². The number of carbonyl (C=O) groups is 1. The highest BCUT2D eigenvalue weighted by atomic mass is 79.9. The average Bonchev–Trinajstić information content (AvgIpc) is 3.20. The van der Waals surface area contributed by atoms with E-state index in [1.807, 2.05) is 54.6 Å². The number of nitrogens with zero attached hydrogens (tertiary/aromatic N) is 3. The average molecular weight is 482 g/mol. The molecule has 5 rings (SSSR count). The van der Waals surface area contributed by atoms with Crippen LogP contribution in [0.25, 0.3) is 10.2 Å². The van der Waals surface area contributed by atoms with Gasteiger partial charge in [0.05, 0.1) is 22.5 Å². The fourth-order valence-corrected chi connectivity index (χ4v) is 4.73. The van der Waals surface area contributed by atoms with Crippen LogP contribution < -0.4 is 14.4 Å². The fraction of sp³-hybridized carbons (Fsp3) is 0.136. The predicted octanol–water partition coefficient (Wildman–Crippen LogP) is 4.83. The van der Waals surface area contributed by atoms with Crippen molar-refractivity contribution < 1.29 is 14.3 Å². The first-order valence-electron chi connectivity index (χ1n) is 9.33. The molecule has 1 aliphatic rings. The van der Waals surface area contributed by atoms with Crippen molar-refractivity contribution in [2.45, 2.75) is 12.6 Å². The smallest absolute Gasteiger partial charge is 0.273 e. The van der Waals surface area contributed by atoms with E-state index in [1.165, 1.54) is 11.3 Å². The zero-order valence-electron chi connectivity index (χ0n) is 15.7. The maximum absolute atomic E-state index is 13.5. The topological polar surface area (TPSA) is 64.6 Å². The van der Waals surface area contributed by atoms with Gasteiger partial charge in [-0.05, 0) is 42.5 Å². The van der Waals surface area contributed by atoms with Crippen LogP contribution in [0.4, 0.5) is 5.13 Å². The van der Waals surface area contributed by atoms with Crippen LogP contribution in [0.3, 0.4) is 0 Å². The Bertz CT molecular complexity index is 1210. The quantitative estimate of drug-likeness (QED) is 0.417. The van der Waals surface area contributed by atoms with Crippen molar-refractivity contribution in [2.24, 2.45) is 0 Å². The van der Waals surface area contributed by atoms with Crippen molar-refractivity contribution >= 4 is 48.5 Å². The molecular weight excluding hydrogens is 466 g/mol. The zero-order valence-corrected chi connectivity index (χ0v) is 18.1. The van der Waals surface area contributed by atoms with E-state index in [9.17, 15) is 4.79 Å². The lowest BCUT2D eigenvalue weighted by Gasteiger charge is -2.29. The van der Waals surface area contributed by atoms with E-state index >= 15 is 0 Å². The largest absolute Gasteiger partial charge is 0.485 e. The van der Waals surface area contributed by atoms with E-state index in [4.69, 9.17) is 9.47 Å². The van der Waals surface area contributed by atoms with Crippen molar-refractivity contribution in [3.63, 3.8) is 0 Å². The first-order chi connectivity index (χ1) is 14.7. The number of carbonyl (C=O) groups excluding carboxylic acids is 1. The summed E-state index contributed by atoms with van der Waals surface area (Å²) in [6, 6.07) is 18.8. The third kappa shape index (κ3) is 3.76. The van der Waals surface area contributed by atoms with E-state index in [0.717, 1.165) is 20.4 Å². The predicted molar refractivity (Wildman–Crippen MR) is 119 cm³/mol. The third-order valence-electron chi connectivity index (χ3n) is 4.67. The molecule has 3 heterocycles. The number of hydrogen-bond acceptors (Lipinski definition) is 6. The van der Waals surface area contributed by atoms with Gasteiger partial charge in [-0.2, -0.15) is 0 Å². The molecule has 0 radical (unpaired) electrons. The normalized spacial score (nSPS) is 15.2. The highest BCUT2D eigenvalue weighted by Gasteiger charge is 2.33. The monoisotopic (exact) mass is 481 g/mol. The van der Waals surface area contributed by atoms with Crippen molar-refractivity contribution in [2.75, 3.05) is 11.5 Å². The molecule has 1 aliphatic heterocycles. The molecule has 0 bridgehead atoms. The SMILES string of the molecule is O=C(C1COc2ccccc2O1)N(Cc1ccccn1)c1nc2ccc(Br)cc2s1. The molecule has 4 aromatic rings. The second-order valence-electron chi connectivity index (χ2n) is 6.72. The molecular formula is C22H16BrN3O3S. The number of thiazole rings is 1. The van der Waals surface area contributed by atoms with Crippen LogP contribution in [0.15, 0.2) is 71.3 Å². The van der Waals surface area contributed by atoms with Crippen LogP contribution in [0.5, 0.6) is 11.5 Å². The lowest BCUT2D eigenvalue weighted by Crippen LogP contribution is -2.46. The maximum atomic E-state index is 13.5. The van der Waals surface area contributed by atoms with Gasteiger partial charge in [0, 0.05) is 10.7 Å². The molecule has 0 fully saturated rings. The number of amides is 1. The summed E-state index contributed by atoms with van der Waals surface area (Å²) in [4.78, 5) is 24.2. The second kappa shape index (κ2) is 8.04. The summed E-state index contributed by atoms with van der Waals surface area (Å²) in [5, 5.41) is 0.598. The lowest BCUT2D eigenvalue weighted by molar-refractivity contribution is -0.127. The number of pyridine rings is 1. The summed E-state index contributed by atoms with van der Waals surface area (Å²) in [7, 11) is 0. The van der Waals surface area contributed by atoms with Gasteiger partial charge in [-0.15, -0.1) is 0 Å². The van der Waals surface area contributed by atoms with Gasteiger partial charge in [-0.3, -0.25) is 14.7 Å². The summed E-state index contributed by atoms with van der Waals surface area (Å²) in [6.45, 7) is 0.438. The van der Waals surface area contributed by atoms with E-state index in [-0.39, 0.29) is 12.5 Å². The minimum absolute atomic E-state index is 0.144. The van der Waals surface area contributed by atoms with Gasteiger partial charge in [0.1, 0.15) is 6.61 Å². The van der Waals surface area contributed by atoms with E-state index in [0.29, 0.717) is 23.2 Å². The molecule has 0 aliphatic carbocycles. The Hall–Kier alpha value is -2.97. The van der Waals surface area contributed by atoms with Gasteiger partial charge in [0.2, 0.25) is 6.10 Å². The molecule has 0 saturated carbocycles. The van der Waals surface area contributed by atoms with Gasteiger partial charge in [0.15, 0.2) is 16.6 Å². The standard InChI is InChI=1S/C22H16BrN3O3S/c23-14-8-9-16-20(11-14)30-22(25-16)26(12-15-5-3-4-10-24-15)21(27)19-13-28-17-6-1-2-7-18(17)29-19/h1-11,19H,12-13H2. The summed E-state index contributed by atoms with van der Waals surface area (Å²) < 4.78 is 13.7. The Morgan fingerprint density at radius 2 is 1.97 bits per heavy atom. The molecule has 0 N–H and O–H groups in total. The van der Waals surface area contributed by atoms with Gasteiger partial charge in [0.25, 0.3) is 5.91 Å². The van der Waals surface area contributed by atoms with Crippen LogP contribution in [0.1, 0.15) is 5.69 Å². The Morgan fingerprint density at radius 3 is 2.80 bits per heavy atom. The molecule has 1 atom stereocenters. The highest BCUT2D eigenvalue weighted by molar-refractivity contribution is 9.10. The Morgan fingerprint density at radius 1 is 1.13 bits per heavy atom. The van der Waals surface area contributed by atoms with Gasteiger partial charge < -0.3 is 9.47 Å².